The quantitative estimate of drug-likeness (QED) is 0.738. The Morgan fingerprint density at radius 3 is 2.57 bits per heavy atom. The topological polar surface area (TPSA) is 41.5 Å². The molecule has 0 saturated carbocycles. The summed E-state index contributed by atoms with van der Waals surface area (Å²) in [6, 6.07) is -0.127. The molecule has 1 atom stereocenters. The summed E-state index contributed by atoms with van der Waals surface area (Å²) in [7, 11) is 0. The van der Waals surface area contributed by atoms with Gasteiger partial charge in [0.15, 0.2) is 0 Å². The number of nitrogens with zero attached hydrogens (tertiary/aromatic N) is 1. The molecule has 1 heterocycles. The number of carbonyl (C=O) groups excluding carboxylic acids is 1. The van der Waals surface area contributed by atoms with Gasteiger partial charge in [0.25, 0.3) is 0 Å². The number of rotatable bonds is 3. The van der Waals surface area contributed by atoms with Crippen LogP contribution >= 0.6 is 0 Å². The van der Waals surface area contributed by atoms with Gasteiger partial charge in [0, 0.05) is 6.42 Å². The van der Waals surface area contributed by atoms with Gasteiger partial charge in [-0.05, 0) is 11.8 Å². The lowest BCUT2D eigenvalue weighted by Gasteiger charge is -2.17. The molecule has 0 fully saturated rings. The summed E-state index contributed by atoms with van der Waals surface area (Å²) in [6.45, 7) is 8.52. The molecule has 0 radical (unpaired) electrons. The van der Waals surface area contributed by atoms with Gasteiger partial charge in [-0.3, -0.25) is 9.79 Å². The molecule has 1 aliphatic heterocycles. The maximum absolute atomic E-state index is 11.4. The fourth-order valence-corrected chi connectivity index (χ4v) is 1.57. The van der Waals surface area contributed by atoms with E-state index in [2.05, 4.69) is 38.0 Å². The molecule has 0 saturated heterocycles. The summed E-state index contributed by atoms with van der Waals surface area (Å²) >= 11 is 0. The van der Waals surface area contributed by atoms with Crippen LogP contribution in [0, 0.1) is 5.41 Å². The number of aliphatic imine (C=N–C) groups is 1. The van der Waals surface area contributed by atoms with Crippen molar-refractivity contribution in [3.63, 3.8) is 0 Å². The van der Waals surface area contributed by atoms with E-state index in [4.69, 9.17) is 0 Å². The molecule has 1 aliphatic rings. The minimum atomic E-state index is -0.127. The normalized spacial score (nSPS) is 22.1. The summed E-state index contributed by atoms with van der Waals surface area (Å²) < 4.78 is 0. The van der Waals surface area contributed by atoms with E-state index in [0.29, 0.717) is 0 Å². The third-order valence-electron chi connectivity index (χ3n) is 2.14. The monoisotopic (exact) mass is 196 g/mol. The molecule has 0 aromatic carbocycles. The Balaban J connectivity index is 2.57. The van der Waals surface area contributed by atoms with Crippen molar-refractivity contribution < 1.29 is 4.79 Å². The number of hydrogen-bond donors (Lipinski definition) is 1. The van der Waals surface area contributed by atoms with Crippen molar-refractivity contribution in [2.24, 2.45) is 10.4 Å². The van der Waals surface area contributed by atoms with Crippen molar-refractivity contribution in [1.29, 1.82) is 0 Å². The summed E-state index contributed by atoms with van der Waals surface area (Å²) in [4.78, 5) is 15.8. The highest BCUT2D eigenvalue weighted by molar-refractivity contribution is 6.05. The Kier molecular flexibility index (Phi) is 3.29. The highest BCUT2D eigenvalue weighted by Gasteiger charge is 2.27. The molecule has 1 rings (SSSR count). The van der Waals surface area contributed by atoms with Crippen LogP contribution in [0.15, 0.2) is 4.99 Å². The lowest BCUT2D eigenvalue weighted by molar-refractivity contribution is -0.120. The molecule has 1 unspecified atom stereocenters. The number of carbonyl (C=O) groups is 1. The van der Waals surface area contributed by atoms with E-state index in [1.54, 1.807) is 0 Å². The Hall–Kier alpha value is -0.860. The summed E-state index contributed by atoms with van der Waals surface area (Å²) in [5.41, 5.74) is 0.188. The van der Waals surface area contributed by atoms with Gasteiger partial charge in [-0.25, -0.2) is 0 Å². The standard InChI is InChI=1S/C11H20N2O/c1-5-6-8-10(14)13-9(12-8)7-11(2,3)4/h8H,5-7H2,1-4H3,(H,12,13,14). The second-order valence-corrected chi connectivity index (χ2v) is 5.11. The van der Waals surface area contributed by atoms with E-state index in [1.165, 1.54) is 0 Å². The van der Waals surface area contributed by atoms with Gasteiger partial charge >= 0.3 is 0 Å². The van der Waals surface area contributed by atoms with E-state index in [0.717, 1.165) is 25.1 Å². The molecule has 80 valence electrons. The summed E-state index contributed by atoms with van der Waals surface area (Å²) in [5.74, 6) is 0.937. The predicted octanol–water partition coefficient (Wildman–Crippen LogP) is 2.12. The van der Waals surface area contributed by atoms with Crippen LogP contribution in [0.25, 0.3) is 0 Å². The van der Waals surface area contributed by atoms with E-state index < -0.39 is 0 Å². The molecule has 1 N–H and O–H groups in total. The van der Waals surface area contributed by atoms with Crippen LogP contribution in [0.4, 0.5) is 0 Å². The van der Waals surface area contributed by atoms with E-state index in [9.17, 15) is 4.79 Å². The summed E-state index contributed by atoms with van der Waals surface area (Å²) in [5, 5.41) is 2.86. The fourth-order valence-electron chi connectivity index (χ4n) is 1.57. The molecule has 14 heavy (non-hydrogen) atoms. The van der Waals surface area contributed by atoms with Crippen LogP contribution in [0.3, 0.4) is 0 Å². The van der Waals surface area contributed by atoms with Crippen molar-refractivity contribution in [2.75, 3.05) is 0 Å². The van der Waals surface area contributed by atoms with Gasteiger partial charge in [0.05, 0.1) is 0 Å². The van der Waals surface area contributed by atoms with Crippen molar-refractivity contribution in [2.45, 2.75) is 53.0 Å². The van der Waals surface area contributed by atoms with Gasteiger partial charge in [-0.1, -0.05) is 34.1 Å². The van der Waals surface area contributed by atoms with Crippen molar-refractivity contribution in [1.82, 2.24) is 5.32 Å². The Bertz CT molecular complexity index is 251. The van der Waals surface area contributed by atoms with Crippen LogP contribution in [0.1, 0.15) is 47.0 Å². The average Bonchev–Trinajstić information content (AvgIpc) is 2.28. The van der Waals surface area contributed by atoms with Crippen LogP contribution < -0.4 is 5.32 Å². The zero-order valence-electron chi connectivity index (χ0n) is 9.55. The highest BCUT2D eigenvalue weighted by atomic mass is 16.2. The van der Waals surface area contributed by atoms with Gasteiger partial charge < -0.3 is 5.32 Å². The molecule has 0 aromatic rings. The lowest BCUT2D eigenvalue weighted by atomic mass is 9.92. The van der Waals surface area contributed by atoms with E-state index >= 15 is 0 Å². The number of amidine groups is 1. The van der Waals surface area contributed by atoms with Crippen molar-refractivity contribution >= 4 is 11.7 Å². The number of nitrogens with one attached hydrogen (secondary N) is 1. The van der Waals surface area contributed by atoms with Crippen LogP contribution in [-0.2, 0) is 4.79 Å². The first kappa shape index (κ1) is 11.2. The van der Waals surface area contributed by atoms with E-state index in [1.807, 2.05) is 0 Å². The molecular formula is C11H20N2O. The third kappa shape index (κ3) is 3.13. The molecule has 0 aliphatic carbocycles. The first-order chi connectivity index (χ1) is 6.42. The SMILES string of the molecule is CCCC1N=C(CC(C)(C)C)NC1=O. The molecule has 0 spiro atoms. The largest absolute Gasteiger partial charge is 0.313 e. The zero-order chi connectivity index (χ0) is 10.8. The first-order valence-electron chi connectivity index (χ1n) is 5.30. The minimum Gasteiger partial charge on any atom is -0.313 e. The molecule has 3 nitrogen and oxygen atoms in total. The minimum absolute atomic E-state index is 0.0751. The second kappa shape index (κ2) is 4.11. The van der Waals surface area contributed by atoms with Crippen molar-refractivity contribution in [3.05, 3.63) is 0 Å². The number of amides is 1. The summed E-state index contributed by atoms with van der Waals surface area (Å²) in [6.07, 6.45) is 2.71. The molecular weight excluding hydrogens is 176 g/mol. The van der Waals surface area contributed by atoms with Gasteiger partial charge in [0.2, 0.25) is 5.91 Å². The Morgan fingerprint density at radius 2 is 2.07 bits per heavy atom. The fraction of sp³-hybridized carbons (Fsp3) is 0.818. The van der Waals surface area contributed by atoms with E-state index in [-0.39, 0.29) is 17.4 Å². The van der Waals surface area contributed by atoms with Gasteiger partial charge in [-0.15, -0.1) is 0 Å². The Labute approximate surface area is 86.0 Å². The third-order valence-corrected chi connectivity index (χ3v) is 2.14. The predicted molar refractivity (Wildman–Crippen MR) is 58.3 cm³/mol. The van der Waals surface area contributed by atoms with Gasteiger partial charge in [-0.2, -0.15) is 0 Å². The smallest absolute Gasteiger partial charge is 0.250 e. The molecule has 0 bridgehead atoms. The second-order valence-electron chi connectivity index (χ2n) is 5.11. The molecule has 0 aromatic heterocycles. The molecule has 1 amide bonds. The highest BCUT2D eigenvalue weighted by Crippen LogP contribution is 2.21. The maximum Gasteiger partial charge on any atom is 0.250 e. The average molecular weight is 196 g/mol. The zero-order valence-corrected chi connectivity index (χ0v) is 9.55. The Morgan fingerprint density at radius 1 is 1.43 bits per heavy atom. The van der Waals surface area contributed by atoms with Crippen LogP contribution in [0.2, 0.25) is 0 Å². The lowest BCUT2D eigenvalue weighted by Crippen LogP contribution is -2.30. The molecule has 3 heteroatoms. The maximum atomic E-state index is 11.4. The van der Waals surface area contributed by atoms with Crippen LogP contribution in [0.5, 0.6) is 0 Å². The first-order valence-corrected chi connectivity index (χ1v) is 5.30. The van der Waals surface area contributed by atoms with Gasteiger partial charge in [0.1, 0.15) is 11.9 Å². The van der Waals surface area contributed by atoms with Crippen LogP contribution in [-0.4, -0.2) is 17.8 Å². The number of hydrogen-bond acceptors (Lipinski definition) is 2. The van der Waals surface area contributed by atoms with Crippen molar-refractivity contribution in [3.8, 4) is 0 Å².